The summed E-state index contributed by atoms with van der Waals surface area (Å²) >= 11 is 13.0. The number of hydrogen-bond acceptors (Lipinski definition) is 10. The van der Waals surface area contributed by atoms with Gasteiger partial charge in [-0.2, -0.15) is 15.5 Å². The number of rotatable bonds is 10. The summed E-state index contributed by atoms with van der Waals surface area (Å²) in [7, 11) is 0. The Labute approximate surface area is 331 Å². The SMILES string of the molecule is CCCCNc1nc(Cl)nc2c(Br)cccc12.CCCCNc1nc(Nc2ccc(C#N)cc2)nc2c(Br)cccc12.Cl.N#Cc1ccc(N)cc1. The second-order valence-corrected chi connectivity index (χ2v) is 13.2. The molecule has 52 heavy (non-hydrogen) atoms. The molecule has 0 aliphatic heterocycles. The lowest BCUT2D eigenvalue weighted by Gasteiger charge is -2.12. The van der Waals surface area contributed by atoms with Crippen molar-refractivity contribution in [3.8, 4) is 12.1 Å². The van der Waals surface area contributed by atoms with Crippen LogP contribution in [0.4, 0.5) is 29.0 Å². The van der Waals surface area contributed by atoms with Gasteiger partial charge >= 0.3 is 0 Å². The van der Waals surface area contributed by atoms with Crippen molar-refractivity contribution < 1.29 is 0 Å². The standard InChI is InChI=1S/C19H18BrN5.C12H13BrClN3.C7H6N2.ClH/c1-2-3-11-22-18-15-5-4-6-16(20)17(15)24-19(25-18)23-14-9-7-13(12-21)8-10-14;1-2-3-7-15-11-8-5-4-6-9(13)10(8)16-12(14)17-11;8-5-6-1-3-7(9)4-2-6;/h4-10H,2-3,11H2,1H3,(H2,22,23,24,25);4-6H,2-3,7H2,1H3,(H,15,16,17);1-4H,9H2;1H. The zero-order valence-corrected chi connectivity index (χ0v) is 33.4. The minimum atomic E-state index is 0. The average Bonchev–Trinajstić information content (AvgIpc) is 3.14. The third kappa shape index (κ3) is 12.2. The van der Waals surface area contributed by atoms with E-state index in [4.69, 9.17) is 27.9 Å². The Morgan fingerprint density at radius 3 is 1.65 bits per heavy atom. The molecule has 4 aromatic carbocycles. The maximum Gasteiger partial charge on any atom is 0.229 e. The number of para-hydroxylation sites is 2. The second kappa shape index (κ2) is 21.6. The Bertz CT molecular complexity index is 2140. The maximum atomic E-state index is 8.90. The van der Waals surface area contributed by atoms with E-state index in [1.54, 1.807) is 36.4 Å². The number of nitriles is 2. The number of halogens is 4. The molecule has 6 aromatic rings. The van der Waals surface area contributed by atoms with Crippen LogP contribution in [0.2, 0.25) is 5.28 Å². The van der Waals surface area contributed by atoms with Crippen LogP contribution in [-0.2, 0) is 0 Å². The van der Waals surface area contributed by atoms with E-state index >= 15 is 0 Å². The molecule has 10 nitrogen and oxygen atoms in total. The van der Waals surface area contributed by atoms with Crippen molar-refractivity contribution in [3.05, 3.63) is 110 Å². The molecule has 0 radical (unpaired) electrons. The van der Waals surface area contributed by atoms with Crippen LogP contribution in [0.25, 0.3) is 21.8 Å². The van der Waals surface area contributed by atoms with Crippen molar-refractivity contribution in [2.45, 2.75) is 39.5 Å². The van der Waals surface area contributed by atoms with Gasteiger partial charge in [0.05, 0.1) is 34.3 Å². The second-order valence-electron chi connectivity index (χ2n) is 11.1. The van der Waals surface area contributed by atoms with Gasteiger partial charge in [0.2, 0.25) is 11.2 Å². The summed E-state index contributed by atoms with van der Waals surface area (Å²) in [4.78, 5) is 17.7. The fourth-order valence-electron chi connectivity index (χ4n) is 4.61. The summed E-state index contributed by atoms with van der Waals surface area (Å²) < 4.78 is 1.85. The molecule has 0 aliphatic carbocycles. The van der Waals surface area contributed by atoms with Gasteiger partial charge in [-0.15, -0.1) is 12.4 Å². The van der Waals surface area contributed by atoms with Crippen LogP contribution in [-0.4, -0.2) is 33.0 Å². The Hall–Kier alpha value is -4.72. The lowest BCUT2D eigenvalue weighted by molar-refractivity contribution is 0.831. The summed E-state index contributed by atoms with van der Waals surface area (Å²) in [5.74, 6) is 2.13. The zero-order chi connectivity index (χ0) is 36.6. The molecule has 0 aliphatic rings. The molecule has 0 fully saturated rings. The molecule has 2 heterocycles. The predicted molar refractivity (Wildman–Crippen MR) is 224 cm³/mol. The molecule has 14 heteroatoms. The van der Waals surface area contributed by atoms with Crippen LogP contribution in [0.15, 0.2) is 93.9 Å². The van der Waals surface area contributed by atoms with E-state index in [-0.39, 0.29) is 17.7 Å². The van der Waals surface area contributed by atoms with Crippen LogP contribution >= 0.6 is 55.9 Å². The number of aromatic nitrogens is 4. The van der Waals surface area contributed by atoms with E-state index in [1.807, 2.05) is 54.6 Å². The Balaban J connectivity index is 0.000000233. The predicted octanol–water partition coefficient (Wildman–Crippen LogP) is 11.0. The highest BCUT2D eigenvalue weighted by atomic mass is 79.9. The first-order valence-electron chi connectivity index (χ1n) is 16.3. The fourth-order valence-corrected chi connectivity index (χ4v) is 5.69. The van der Waals surface area contributed by atoms with Gasteiger partial charge in [0.1, 0.15) is 11.6 Å². The molecule has 2 aromatic heterocycles. The van der Waals surface area contributed by atoms with E-state index in [0.29, 0.717) is 22.8 Å². The molecule has 0 saturated heterocycles. The van der Waals surface area contributed by atoms with Crippen LogP contribution < -0.4 is 21.7 Å². The molecule has 0 amide bonds. The number of benzene rings is 4. The summed E-state index contributed by atoms with van der Waals surface area (Å²) in [5, 5.41) is 29.4. The van der Waals surface area contributed by atoms with Gasteiger partial charge in [-0.1, -0.05) is 38.8 Å². The first kappa shape index (κ1) is 41.7. The minimum absolute atomic E-state index is 0. The molecule has 0 spiro atoms. The van der Waals surface area contributed by atoms with Crippen molar-refractivity contribution in [3.63, 3.8) is 0 Å². The van der Waals surface area contributed by atoms with Crippen molar-refractivity contribution in [2.24, 2.45) is 0 Å². The number of anilines is 5. The van der Waals surface area contributed by atoms with Gasteiger partial charge in [0, 0.05) is 44.2 Å². The van der Waals surface area contributed by atoms with Crippen molar-refractivity contribution in [2.75, 3.05) is 34.8 Å². The number of unbranched alkanes of at least 4 members (excludes halogenated alkanes) is 2. The zero-order valence-electron chi connectivity index (χ0n) is 28.6. The fraction of sp³-hybridized carbons (Fsp3) is 0.211. The molecule has 0 saturated carbocycles. The molecule has 0 unspecified atom stereocenters. The van der Waals surface area contributed by atoms with Crippen LogP contribution in [0.5, 0.6) is 0 Å². The highest BCUT2D eigenvalue weighted by molar-refractivity contribution is 9.11. The van der Waals surface area contributed by atoms with Crippen molar-refractivity contribution in [1.82, 2.24) is 19.9 Å². The number of nitrogen functional groups attached to an aromatic ring is 1. The van der Waals surface area contributed by atoms with E-state index < -0.39 is 0 Å². The molecule has 0 atom stereocenters. The first-order chi connectivity index (χ1) is 24.8. The van der Waals surface area contributed by atoms with Gasteiger partial charge in [-0.05, 0) is 129 Å². The monoisotopic (exact) mass is 862 g/mol. The number of nitrogens with zero attached hydrogens (tertiary/aromatic N) is 6. The molecule has 5 N–H and O–H groups in total. The third-order valence-electron chi connectivity index (χ3n) is 7.28. The largest absolute Gasteiger partial charge is 0.399 e. The van der Waals surface area contributed by atoms with Gasteiger partial charge in [0.15, 0.2) is 0 Å². The Morgan fingerprint density at radius 1 is 0.673 bits per heavy atom. The lowest BCUT2D eigenvalue weighted by atomic mass is 10.2. The molecule has 268 valence electrons. The summed E-state index contributed by atoms with van der Waals surface area (Å²) in [6.07, 6.45) is 4.46. The van der Waals surface area contributed by atoms with Crippen LogP contribution in [0.1, 0.15) is 50.7 Å². The molecule has 6 rings (SSSR count). The number of hydrogen-bond donors (Lipinski definition) is 4. The highest BCUT2D eigenvalue weighted by Crippen LogP contribution is 2.30. The van der Waals surface area contributed by atoms with Crippen LogP contribution in [0, 0.1) is 22.7 Å². The van der Waals surface area contributed by atoms with Crippen LogP contribution in [0.3, 0.4) is 0 Å². The topological polar surface area (TPSA) is 161 Å². The van der Waals surface area contributed by atoms with Crippen molar-refractivity contribution >= 4 is 107 Å². The number of nitrogens with two attached hydrogens (primary N) is 1. The van der Waals surface area contributed by atoms with Gasteiger partial charge < -0.3 is 21.7 Å². The smallest absolute Gasteiger partial charge is 0.229 e. The van der Waals surface area contributed by atoms with Gasteiger partial charge in [-0.25, -0.2) is 15.0 Å². The van der Waals surface area contributed by atoms with Crippen molar-refractivity contribution in [1.29, 1.82) is 10.5 Å². The summed E-state index contributed by atoms with van der Waals surface area (Å²) in [5.41, 5.74) is 9.86. The summed E-state index contributed by atoms with van der Waals surface area (Å²) in [6.45, 7) is 6.08. The Kier molecular flexibility index (Phi) is 17.3. The molecule has 0 bridgehead atoms. The molecular formula is C38H38Br2Cl2N10. The number of nitrogens with one attached hydrogen (secondary N) is 3. The lowest BCUT2D eigenvalue weighted by Crippen LogP contribution is -2.07. The third-order valence-corrected chi connectivity index (χ3v) is 8.73. The summed E-state index contributed by atoms with van der Waals surface area (Å²) in [6, 6.07) is 30.0. The minimum Gasteiger partial charge on any atom is -0.399 e. The average molecular weight is 866 g/mol. The van der Waals surface area contributed by atoms with Gasteiger partial charge in [-0.3, -0.25) is 0 Å². The van der Waals surface area contributed by atoms with E-state index in [1.165, 1.54) is 0 Å². The quantitative estimate of drug-likeness (QED) is 0.0592. The Morgan fingerprint density at radius 2 is 1.15 bits per heavy atom. The highest BCUT2D eigenvalue weighted by Gasteiger charge is 2.11. The van der Waals surface area contributed by atoms with Gasteiger partial charge in [0.25, 0.3) is 0 Å². The van der Waals surface area contributed by atoms with E-state index in [9.17, 15) is 0 Å². The number of fused-ring (bicyclic) bond motifs is 2. The first-order valence-corrected chi connectivity index (χ1v) is 18.3. The maximum absolute atomic E-state index is 8.90. The van der Waals surface area contributed by atoms with E-state index in [2.05, 4.69) is 87.7 Å². The normalized spacial score (nSPS) is 9.98. The molecular weight excluding hydrogens is 827 g/mol. The van der Waals surface area contributed by atoms with E-state index in [0.717, 1.165) is 86.8 Å².